The molecule has 0 spiro atoms. The van der Waals surface area contributed by atoms with Crippen LogP contribution in [0.15, 0.2) is 30.3 Å². The highest BCUT2D eigenvalue weighted by atomic mass is 35.5. The first kappa shape index (κ1) is 12.8. The van der Waals surface area contributed by atoms with Gasteiger partial charge in [0.15, 0.2) is 0 Å². The normalized spacial score (nSPS) is 10.4. The van der Waals surface area contributed by atoms with Crippen LogP contribution in [0.2, 0.25) is 5.02 Å². The van der Waals surface area contributed by atoms with E-state index < -0.39 is 0 Å². The highest BCUT2D eigenvalue weighted by Gasteiger charge is 2.05. The molecule has 94 valence electrons. The van der Waals surface area contributed by atoms with Gasteiger partial charge in [0.25, 0.3) is 0 Å². The average molecular weight is 264 g/mol. The van der Waals surface area contributed by atoms with Gasteiger partial charge in [-0.2, -0.15) is 10.2 Å². The minimum Gasteiger partial charge on any atom is -0.495 e. The maximum atomic E-state index is 6.07. The minimum atomic E-state index is 0.558. The van der Waals surface area contributed by atoms with Crippen LogP contribution in [0.25, 0.3) is 11.3 Å². The van der Waals surface area contributed by atoms with E-state index in [1.807, 2.05) is 30.3 Å². The predicted molar refractivity (Wildman–Crippen MR) is 71.8 cm³/mol. The molecule has 0 radical (unpaired) electrons. The number of halogens is 1. The average Bonchev–Trinajstić information content (AvgIpc) is 2.40. The van der Waals surface area contributed by atoms with Crippen LogP contribution in [0.3, 0.4) is 0 Å². The third kappa shape index (κ3) is 2.78. The van der Waals surface area contributed by atoms with Crippen molar-refractivity contribution in [1.29, 1.82) is 0 Å². The first-order valence-corrected chi connectivity index (χ1v) is 5.99. The van der Waals surface area contributed by atoms with E-state index in [4.69, 9.17) is 22.1 Å². The summed E-state index contributed by atoms with van der Waals surface area (Å²) in [5.74, 6) is 0.646. The Bertz CT molecular complexity index is 528. The minimum absolute atomic E-state index is 0.558. The molecule has 0 fully saturated rings. The van der Waals surface area contributed by atoms with Crippen LogP contribution >= 0.6 is 11.6 Å². The summed E-state index contributed by atoms with van der Waals surface area (Å²) >= 11 is 6.07. The second kappa shape index (κ2) is 5.80. The molecule has 0 saturated carbocycles. The fraction of sp³-hybridized carbons (Fsp3) is 0.231. The molecule has 0 saturated heterocycles. The fourth-order valence-corrected chi connectivity index (χ4v) is 1.88. The van der Waals surface area contributed by atoms with Crippen LogP contribution in [0.5, 0.6) is 5.75 Å². The Morgan fingerprint density at radius 1 is 1.22 bits per heavy atom. The molecule has 0 atom stereocenters. The zero-order chi connectivity index (χ0) is 13.0. The Balaban J connectivity index is 2.28. The zero-order valence-electron chi connectivity index (χ0n) is 10.1. The number of hydrogen-bond donors (Lipinski definition) is 1. The van der Waals surface area contributed by atoms with Gasteiger partial charge in [-0.3, -0.25) is 0 Å². The van der Waals surface area contributed by atoms with E-state index in [1.54, 1.807) is 7.11 Å². The molecule has 1 aromatic carbocycles. The zero-order valence-corrected chi connectivity index (χ0v) is 10.8. The summed E-state index contributed by atoms with van der Waals surface area (Å²) in [4.78, 5) is 0. The van der Waals surface area contributed by atoms with Crippen LogP contribution in [0.1, 0.15) is 5.69 Å². The lowest BCUT2D eigenvalue weighted by Gasteiger charge is -2.05. The number of aromatic nitrogens is 2. The van der Waals surface area contributed by atoms with Crippen molar-refractivity contribution in [3.63, 3.8) is 0 Å². The highest BCUT2D eigenvalue weighted by molar-refractivity contribution is 6.32. The van der Waals surface area contributed by atoms with Crippen molar-refractivity contribution in [2.45, 2.75) is 6.42 Å². The highest BCUT2D eigenvalue weighted by Crippen LogP contribution is 2.29. The lowest BCUT2D eigenvalue weighted by atomic mass is 10.1. The molecule has 1 heterocycles. The Morgan fingerprint density at radius 2 is 2.06 bits per heavy atom. The predicted octanol–water partition coefficient (Wildman–Crippen LogP) is 2.31. The van der Waals surface area contributed by atoms with Crippen molar-refractivity contribution in [1.82, 2.24) is 10.2 Å². The smallest absolute Gasteiger partial charge is 0.137 e. The summed E-state index contributed by atoms with van der Waals surface area (Å²) in [6.07, 6.45) is 0.733. The van der Waals surface area contributed by atoms with Gasteiger partial charge in [-0.25, -0.2) is 0 Å². The van der Waals surface area contributed by atoms with Crippen LogP contribution in [-0.2, 0) is 6.42 Å². The maximum absolute atomic E-state index is 6.07. The molecule has 0 aliphatic rings. The summed E-state index contributed by atoms with van der Waals surface area (Å²) < 4.78 is 5.11. The molecule has 0 amide bonds. The summed E-state index contributed by atoms with van der Waals surface area (Å²) in [5.41, 5.74) is 8.04. The molecule has 0 bridgehead atoms. The standard InChI is InChI=1S/C13H14ClN3O/c1-18-13-5-2-9(8-11(13)14)12-4-3-10(6-7-15)16-17-12/h2-5,8H,6-7,15H2,1H3. The van der Waals surface area contributed by atoms with E-state index in [2.05, 4.69) is 10.2 Å². The monoisotopic (exact) mass is 263 g/mol. The molecule has 2 N–H and O–H groups in total. The van der Waals surface area contributed by atoms with Gasteiger partial charge in [-0.1, -0.05) is 11.6 Å². The van der Waals surface area contributed by atoms with Gasteiger partial charge in [0.1, 0.15) is 5.75 Å². The van der Waals surface area contributed by atoms with Gasteiger partial charge in [0, 0.05) is 12.0 Å². The van der Waals surface area contributed by atoms with E-state index in [1.165, 1.54) is 0 Å². The number of ether oxygens (including phenoxy) is 1. The molecule has 4 nitrogen and oxygen atoms in total. The summed E-state index contributed by atoms with van der Waals surface area (Å²) in [7, 11) is 1.59. The molecule has 0 aliphatic heterocycles. The number of hydrogen-bond acceptors (Lipinski definition) is 4. The first-order valence-electron chi connectivity index (χ1n) is 5.61. The van der Waals surface area contributed by atoms with Crippen LogP contribution in [0.4, 0.5) is 0 Å². The van der Waals surface area contributed by atoms with Crippen molar-refractivity contribution in [2.75, 3.05) is 13.7 Å². The third-order valence-electron chi connectivity index (χ3n) is 2.57. The SMILES string of the molecule is COc1ccc(-c2ccc(CCN)nn2)cc1Cl. The Hall–Kier alpha value is -1.65. The summed E-state index contributed by atoms with van der Waals surface area (Å²) in [6, 6.07) is 9.36. The second-order valence-electron chi connectivity index (χ2n) is 3.80. The molecule has 18 heavy (non-hydrogen) atoms. The topological polar surface area (TPSA) is 61.0 Å². The maximum Gasteiger partial charge on any atom is 0.137 e. The van der Waals surface area contributed by atoms with Crippen molar-refractivity contribution in [2.24, 2.45) is 5.73 Å². The van der Waals surface area contributed by atoms with Gasteiger partial charge in [0.2, 0.25) is 0 Å². The van der Waals surface area contributed by atoms with Crippen molar-refractivity contribution in [3.8, 4) is 17.0 Å². The van der Waals surface area contributed by atoms with Gasteiger partial charge in [-0.05, 0) is 36.9 Å². The second-order valence-corrected chi connectivity index (χ2v) is 4.21. The Kier molecular flexibility index (Phi) is 4.12. The van der Waals surface area contributed by atoms with Crippen LogP contribution in [0, 0.1) is 0 Å². The van der Waals surface area contributed by atoms with Gasteiger partial charge in [0.05, 0.1) is 23.5 Å². The number of rotatable bonds is 4. The molecule has 2 rings (SSSR count). The molecular formula is C13H14ClN3O. The summed E-state index contributed by atoms with van der Waals surface area (Å²) in [6.45, 7) is 0.572. The Morgan fingerprint density at radius 3 is 2.61 bits per heavy atom. The summed E-state index contributed by atoms with van der Waals surface area (Å²) in [5, 5.41) is 8.83. The molecule has 1 aromatic heterocycles. The van der Waals surface area contributed by atoms with Crippen LogP contribution < -0.4 is 10.5 Å². The molecule has 0 aliphatic carbocycles. The van der Waals surface area contributed by atoms with Gasteiger partial charge >= 0.3 is 0 Å². The van der Waals surface area contributed by atoms with Crippen molar-refractivity contribution < 1.29 is 4.74 Å². The van der Waals surface area contributed by atoms with Gasteiger partial charge in [-0.15, -0.1) is 0 Å². The first-order chi connectivity index (χ1) is 8.74. The number of methoxy groups -OCH3 is 1. The van der Waals surface area contributed by atoms with E-state index in [9.17, 15) is 0 Å². The Labute approximate surface area is 111 Å². The van der Waals surface area contributed by atoms with E-state index in [-0.39, 0.29) is 0 Å². The molecular weight excluding hydrogens is 250 g/mol. The van der Waals surface area contributed by atoms with E-state index in [0.29, 0.717) is 17.3 Å². The molecule has 2 aromatic rings. The largest absolute Gasteiger partial charge is 0.495 e. The van der Waals surface area contributed by atoms with E-state index >= 15 is 0 Å². The van der Waals surface area contributed by atoms with Crippen molar-refractivity contribution in [3.05, 3.63) is 41.0 Å². The lowest BCUT2D eigenvalue weighted by Crippen LogP contribution is -2.05. The van der Waals surface area contributed by atoms with E-state index in [0.717, 1.165) is 23.4 Å². The number of nitrogens with zero attached hydrogens (tertiary/aromatic N) is 2. The molecule has 5 heteroatoms. The van der Waals surface area contributed by atoms with Crippen molar-refractivity contribution >= 4 is 11.6 Å². The lowest BCUT2D eigenvalue weighted by molar-refractivity contribution is 0.415. The van der Waals surface area contributed by atoms with Crippen LogP contribution in [-0.4, -0.2) is 23.9 Å². The number of benzene rings is 1. The fourth-order valence-electron chi connectivity index (χ4n) is 1.62. The van der Waals surface area contributed by atoms with Gasteiger partial charge < -0.3 is 10.5 Å². The third-order valence-corrected chi connectivity index (χ3v) is 2.86. The molecule has 0 unspecified atom stereocenters. The quantitative estimate of drug-likeness (QED) is 0.920. The number of nitrogens with two attached hydrogens (primary N) is 1.